The van der Waals surface area contributed by atoms with Crippen molar-refractivity contribution in [2.24, 2.45) is 0 Å². The number of ether oxygens (including phenoxy) is 2. The van der Waals surface area contributed by atoms with Gasteiger partial charge in [0.05, 0.1) is 6.10 Å². The van der Waals surface area contributed by atoms with Crippen molar-refractivity contribution in [2.45, 2.75) is 32.8 Å². The number of aryl methyl sites for hydroxylation is 1. The topological polar surface area (TPSA) is 54.0 Å². The Morgan fingerprint density at radius 3 is 2.71 bits per heavy atom. The fraction of sp³-hybridized carbons (Fsp3) is 0.480. The molecule has 2 heterocycles. The molecule has 4 rings (SSSR count). The number of anilines is 2. The average Bonchev–Trinajstić information content (AvgIpc) is 3.33. The van der Waals surface area contributed by atoms with E-state index in [4.69, 9.17) is 9.47 Å². The van der Waals surface area contributed by atoms with Crippen LogP contribution < -0.4 is 15.0 Å². The van der Waals surface area contributed by atoms with Crippen LogP contribution in [0.2, 0.25) is 0 Å². The van der Waals surface area contributed by atoms with Crippen molar-refractivity contribution >= 4 is 17.3 Å². The molecule has 6 heteroatoms. The molecule has 2 aromatic carbocycles. The molecular formula is C25H33N3O3. The van der Waals surface area contributed by atoms with Crippen LogP contribution in [0.4, 0.5) is 11.4 Å². The lowest BCUT2D eigenvalue weighted by molar-refractivity contribution is 0.0679. The van der Waals surface area contributed by atoms with Crippen molar-refractivity contribution in [1.82, 2.24) is 4.90 Å². The number of hydrogen-bond donors (Lipinski definition) is 1. The molecule has 6 nitrogen and oxygen atoms in total. The van der Waals surface area contributed by atoms with Gasteiger partial charge in [0.15, 0.2) is 0 Å². The van der Waals surface area contributed by atoms with Crippen LogP contribution in [-0.2, 0) is 4.74 Å². The van der Waals surface area contributed by atoms with E-state index in [0.29, 0.717) is 17.9 Å². The first-order valence-corrected chi connectivity index (χ1v) is 11.4. The van der Waals surface area contributed by atoms with E-state index in [-0.39, 0.29) is 12.0 Å². The summed E-state index contributed by atoms with van der Waals surface area (Å²) >= 11 is 0. The summed E-state index contributed by atoms with van der Waals surface area (Å²) in [6.07, 6.45) is 2.27. The number of amides is 1. The molecule has 2 saturated heterocycles. The van der Waals surface area contributed by atoms with Gasteiger partial charge in [0.1, 0.15) is 12.4 Å². The van der Waals surface area contributed by atoms with Crippen LogP contribution in [0, 0.1) is 6.92 Å². The second-order valence-corrected chi connectivity index (χ2v) is 8.35. The molecule has 0 aliphatic carbocycles. The van der Waals surface area contributed by atoms with Gasteiger partial charge >= 0.3 is 0 Å². The molecular weight excluding hydrogens is 390 g/mol. The zero-order valence-electron chi connectivity index (χ0n) is 18.6. The van der Waals surface area contributed by atoms with E-state index < -0.39 is 0 Å². The summed E-state index contributed by atoms with van der Waals surface area (Å²) in [5, 5.41) is 3.05. The minimum Gasteiger partial charge on any atom is -0.491 e. The van der Waals surface area contributed by atoms with Crippen LogP contribution in [-0.4, -0.2) is 62.8 Å². The third-order valence-electron chi connectivity index (χ3n) is 6.20. The first kappa shape index (κ1) is 21.7. The monoisotopic (exact) mass is 423 g/mol. The summed E-state index contributed by atoms with van der Waals surface area (Å²) < 4.78 is 11.4. The normalized spacial score (nSPS) is 19.4. The van der Waals surface area contributed by atoms with Gasteiger partial charge in [-0.15, -0.1) is 0 Å². The predicted octanol–water partition coefficient (Wildman–Crippen LogP) is 3.95. The van der Waals surface area contributed by atoms with E-state index in [1.165, 1.54) is 5.69 Å². The van der Waals surface area contributed by atoms with Gasteiger partial charge in [-0.3, -0.25) is 4.79 Å². The number of nitrogens with zero attached hydrogens (tertiary/aromatic N) is 2. The lowest BCUT2D eigenvalue weighted by Crippen LogP contribution is -2.46. The van der Waals surface area contributed by atoms with E-state index in [0.717, 1.165) is 63.4 Å². The molecule has 2 aliphatic heterocycles. The van der Waals surface area contributed by atoms with E-state index in [2.05, 4.69) is 34.2 Å². The van der Waals surface area contributed by atoms with Gasteiger partial charge in [-0.2, -0.15) is 0 Å². The molecule has 0 saturated carbocycles. The Morgan fingerprint density at radius 1 is 1.16 bits per heavy atom. The minimum atomic E-state index is -0.130. The molecule has 0 bridgehead atoms. The van der Waals surface area contributed by atoms with E-state index in [1.807, 2.05) is 31.2 Å². The van der Waals surface area contributed by atoms with Crippen molar-refractivity contribution in [3.63, 3.8) is 0 Å². The van der Waals surface area contributed by atoms with Crippen LogP contribution >= 0.6 is 0 Å². The number of piperazine rings is 1. The summed E-state index contributed by atoms with van der Waals surface area (Å²) in [5.41, 5.74) is 3.71. The molecule has 2 fully saturated rings. The van der Waals surface area contributed by atoms with Gasteiger partial charge in [0, 0.05) is 49.7 Å². The molecule has 2 aliphatic rings. The lowest BCUT2D eigenvalue weighted by atomic mass is 10.1. The molecule has 0 spiro atoms. The molecule has 1 unspecified atom stereocenters. The Hall–Kier alpha value is -2.57. The Bertz CT molecular complexity index is 887. The summed E-state index contributed by atoms with van der Waals surface area (Å²) in [7, 11) is 0. The van der Waals surface area contributed by atoms with Crippen LogP contribution in [0.3, 0.4) is 0 Å². The van der Waals surface area contributed by atoms with Crippen molar-refractivity contribution in [3.05, 3.63) is 53.6 Å². The Labute approximate surface area is 185 Å². The number of likely N-dealkylation sites (N-methyl/N-ethyl adjacent to an activating group) is 1. The van der Waals surface area contributed by atoms with Gasteiger partial charge in [-0.25, -0.2) is 0 Å². The molecule has 166 valence electrons. The maximum absolute atomic E-state index is 12.8. The standard InChI is InChI=1S/C25H33N3O3/c1-3-27-11-13-28(14-12-27)21-9-10-24(19(2)16-21)26-25(29)20-6-4-7-22(17-20)31-18-23-8-5-15-30-23/h4,6-7,9-10,16-17,23H,3,5,8,11-15,18H2,1-2H3,(H,26,29). The van der Waals surface area contributed by atoms with Crippen molar-refractivity contribution in [3.8, 4) is 5.75 Å². The largest absolute Gasteiger partial charge is 0.491 e. The Kier molecular flexibility index (Phi) is 7.10. The average molecular weight is 424 g/mol. The first-order valence-electron chi connectivity index (χ1n) is 11.4. The molecule has 31 heavy (non-hydrogen) atoms. The van der Waals surface area contributed by atoms with Gasteiger partial charge < -0.3 is 24.6 Å². The summed E-state index contributed by atoms with van der Waals surface area (Å²) in [5.74, 6) is 0.566. The highest BCUT2D eigenvalue weighted by Crippen LogP contribution is 2.25. The van der Waals surface area contributed by atoms with Gasteiger partial charge in [0.25, 0.3) is 5.91 Å². The quantitative estimate of drug-likeness (QED) is 0.731. The first-order chi connectivity index (χ1) is 15.1. The van der Waals surface area contributed by atoms with Gasteiger partial charge in [-0.05, 0) is 68.3 Å². The second kappa shape index (κ2) is 10.2. The fourth-order valence-electron chi connectivity index (χ4n) is 4.19. The maximum Gasteiger partial charge on any atom is 0.255 e. The maximum atomic E-state index is 12.8. The number of hydrogen-bond acceptors (Lipinski definition) is 5. The van der Waals surface area contributed by atoms with Crippen molar-refractivity contribution in [2.75, 3.05) is 56.2 Å². The number of rotatable bonds is 7. The lowest BCUT2D eigenvalue weighted by Gasteiger charge is -2.35. The molecule has 0 aromatic heterocycles. The Morgan fingerprint density at radius 2 is 2.00 bits per heavy atom. The summed E-state index contributed by atoms with van der Waals surface area (Å²) in [6, 6.07) is 13.6. The third-order valence-corrected chi connectivity index (χ3v) is 6.20. The SMILES string of the molecule is CCN1CCN(c2ccc(NC(=O)c3cccc(OCC4CCCO4)c3)c(C)c2)CC1. The molecule has 1 amide bonds. The highest BCUT2D eigenvalue weighted by molar-refractivity contribution is 6.05. The van der Waals surface area contributed by atoms with Crippen LogP contribution in [0.1, 0.15) is 35.7 Å². The van der Waals surface area contributed by atoms with E-state index >= 15 is 0 Å². The number of nitrogens with one attached hydrogen (secondary N) is 1. The van der Waals surface area contributed by atoms with Crippen LogP contribution in [0.25, 0.3) is 0 Å². The van der Waals surface area contributed by atoms with E-state index in [1.54, 1.807) is 6.07 Å². The second-order valence-electron chi connectivity index (χ2n) is 8.35. The molecule has 1 atom stereocenters. The van der Waals surface area contributed by atoms with Gasteiger partial charge in [0.2, 0.25) is 0 Å². The predicted molar refractivity (Wildman–Crippen MR) is 124 cm³/mol. The molecule has 0 radical (unpaired) electrons. The third kappa shape index (κ3) is 5.57. The fourth-order valence-corrected chi connectivity index (χ4v) is 4.19. The highest BCUT2D eigenvalue weighted by atomic mass is 16.5. The zero-order valence-corrected chi connectivity index (χ0v) is 18.6. The number of carbonyl (C=O) groups excluding carboxylic acids is 1. The smallest absolute Gasteiger partial charge is 0.255 e. The highest BCUT2D eigenvalue weighted by Gasteiger charge is 2.18. The number of carbonyl (C=O) groups is 1. The summed E-state index contributed by atoms with van der Waals surface area (Å²) in [6.45, 7) is 11.0. The zero-order chi connectivity index (χ0) is 21.6. The molecule has 1 N–H and O–H groups in total. The minimum absolute atomic E-state index is 0.130. The van der Waals surface area contributed by atoms with E-state index in [9.17, 15) is 4.79 Å². The summed E-state index contributed by atoms with van der Waals surface area (Å²) in [4.78, 5) is 17.7. The molecule has 2 aromatic rings. The van der Waals surface area contributed by atoms with Crippen LogP contribution in [0.5, 0.6) is 5.75 Å². The number of benzene rings is 2. The van der Waals surface area contributed by atoms with Crippen molar-refractivity contribution in [1.29, 1.82) is 0 Å². The van der Waals surface area contributed by atoms with Crippen LogP contribution in [0.15, 0.2) is 42.5 Å². The van der Waals surface area contributed by atoms with Crippen molar-refractivity contribution < 1.29 is 14.3 Å². The van der Waals surface area contributed by atoms with Gasteiger partial charge in [-0.1, -0.05) is 13.0 Å². The Balaban J connectivity index is 1.36.